The maximum absolute atomic E-state index is 5.82. The molecule has 2 aromatic rings. The first-order valence-corrected chi connectivity index (χ1v) is 7.18. The van der Waals surface area contributed by atoms with Crippen molar-refractivity contribution in [3.8, 4) is 11.3 Å². The van der Waals surface area contributed by atoms with E-state index in [0.29, 0.717) is 6.54 Å². The number of rotatable bonds is 4. The Hall–Kier alpha value is -1.74. The SMILES string of the molecule is CCC(CN)c1nc(C)cc(-c2ccc(C)cc2C)n1. The molecule has 0 saturated carbocycles. The molecule has 0 saturated heterocycles. The molecule has 2 N–H and O–H groups in total. The molecule has 0 bridgehead atoms. The Bertz CT molecular complexity index is 601. The third-order valence-corrected chi connectivity index (χ3v) is 3.67. The highest BCUT2D eigenvalue weighted by Gasteiger charge is 2.13. The first-order chi connectivity index (χ1) is 9.55. The van der Waals surface area contributed by atoms with Gasteiger partial charge in [-0.2, -0.15) is 0 Å². The van der Waals surface area contributed by atoms with Crippen LogP contribution in [0.4, 0.5) is 0 Å². The van der Waals surface area contributed by atoms with Gasteiger partial charge < -0.3 is 5.73 Å². The van der Waals surface area contributed by atoms with Crippen LogP contribution in [0.5, 0.6) is 0 Å². The average molecular weight is 269 g/mol. The van der Waals surface area contributed by atoms with Crippen LogP contribution in [-0.4, -0.2) is 16.5 Å². The molecule has 1 aromatic heterocycles. The van der Waals surface area contributed by atoms with Gasteiger partial charge in [0, 0.05) is 23.7 Å². The Balaban J connectivity index is 2.51. The lowest BCUT2D eigenvalue weighted by Crippen LogP contribution is -2.15. The topological polar surface area (TPSA) is 51.8 Å². The minimum absolute atomic E-state index is 0.236. The molecule has 1 atom stereocenters. The van der Waals surface area contributed by atoms with Gasteiger partial charge in [0.1, 0.15) is 5.82 Å². The van der Waals surface area contributed by atoms with Gasteiger partial charge in [0.2, 0.25) is 0 Å². The van der Waals surface area contributed by atoms with Gasteiger partial charge in [-0.3, -0.25) is 0 Å². The maximum atomic E-state index is 5.82. The minimum Gasteiger partial charge on any atom is -0.330 e. The van der Waals surface area contributed by atoms with Gasteiger partial charge in [0.25, 0.3) is 0 Å². The molecule has 3 heteroatoms. The zero-order valence-corrected chi connectivity index (χ0v) is 12.8. The number of hydrogen-bond acceptors (Lipinski definition) is 3. The molecule has 0 aliphatic heterocycles. The number of benzene rings is 1. The molecular weight excluding hydrogens is 246 g/mol. The van der Waals surface area contributed by atoms with E-state index in [1.807, 2.05) is 13.0 Å². The van der Waals surface area contributed by atoms with E-state index in [0.717, 1.165) is 23.6 Å². The van der Waals surface area contributed by atoms with Gasteiger partial charge in [-0.15, -0.1) is 0 Å². The smallest absolute Gasteiger partial charge is 0.133 e. The van der Waals surface area contributed by atoms with Crippen molar-refractivity contribution in [2.24, 2.45) is 5.73 Å². The van der Waals surface area contributed by atoms with Crippen LogP contribution in [0.3, 0.4) is 0 Å². The van der Waals surface area contributed by atoms with Crippen molar-refractivity contribution in [2.75, 3.05) is 6.54 Å². The summed E-state index contributed by atoms with van der Waals surface area (Å²) in [6.07, 6.45) is 0.965. The Morgan fingerprint density at radius 2 is 1.85 bits per heavy atom. The van der Waals surface area contributed by atoms with Gasteiger partial charge in [0.15, 0.2) is 0 Å². The van der Waals surface area contributed by atoms with Crippen molar-refractivity contribution >= 4 is 0 Å². The lowest BCUT2D eigenvalue weighted by atomic mass is 10.0. The van der Waals surface area contributed by atoms with Crippen LogP contribution in [0.2, 0.25) is 0 Å². The van der Waals surface area contributed by atoms with Crippen LogP contribution in [0.15, 0.2) is 24.3 Å². The number of aromatic nitrogens is 2. The van der Waals surface area contributed by atoms with Crippen molar-refractivity contribution in [1.29, 1.82) is 0 Å². The largest absolute Gasteiger partial charge is 0.330 e. The second-order valence-corrected chi connectivity index (χ2v) is 5.41. The quantitative estimate of drug-likeness (QED) is 0.924. The van der Waals surface area contributed by atoms with Crippen molar-refractivity contribution in [1.82, 2.24) is 9.97 Å². The van der Waals surface area contributed by atoms with E-state index >= 15 is 0 Å². The third-order valence-electron chi connectivity index (χ3n) is 3.67. The first kappa shape index (κ1) is 14.7. The Morgan fingerprint density at radius 1 is 1.10 bits per heavy atom. The zero-order valence-electron chi connectivity index (χ0n) is 12.8. The summed E-state index contributed by atoms with van der Waals surface area (Å²) in [5.74, 6) is 1.10. The molecule has 2 rings (SSSR count). The molecule has 0 aliphatic rings. The monoisotopic (exact) mass is 269 g/mol. The highest BCUT2D eigenvalue weighted by Crippen LogP contribution is 2.25. The molecule has 0 fully saturated rings. The van der Waals surface area contributed by atoms with Crippen molar-refractivity contribution in [2.45, 2.75) is 40.0 Å². The van der Waals surface area contributed by atoms with E-state index in [-0.39, 0.29) is 5.92 Å². The summed E-state index contributed by atoms with van der Waals surface area (Å²) in [7, 11) is 0. The molecule has 0 aliphatic carbocycles. The van der Waals surface area contributed by atoms with E-state index < -0.39 is 0 Å². The van der Waals surface area contributed by atoms with E-state index in [4.69, 9.17) is 10.7 Å². The highest BCUT2D eigenvalue weighted by atomic mass is 14.9. The molecule has 20 heavy (non-hydrogen) atoms. The number of aryl methyl sites for hydroxylation is 3. The average Bonchev–Trinajstić information content (AvgIpc) is 2.39. The predicted octanol–water partition coefficient (Wildman–Crippen LogP) is 3.52. The summed E-state index contributed by atoms with van der Waals surface area (Å²) in [5, 5.41) is 0. The standard InChI is InChI=1S/C17H23N3/c1-5-14(10-18)17-19-13(4)9-16(20-17)15-7-6-11(2)8-12(15)3/h6-9,14H,5,10,18H2,1-4H3. The molecule has 3 nitrogen and oxygen atoms in total. The third kappa shape index (κ3) is 3.05. The summed E-state index contributed by atoms with van der Waals surface area (Å²) in [6.45, 7) is 8.96. The molecule has 1 heterocycles. The molecule has 1 aromatic carbocycles. The fourth-order valence-corrected chi connectivity index (χ4v) is 2.47. The van der Waals surface area contributed by atoms with E-state index in [9.17, 15) is 0 Å². The Morgan fingerprint density at radius 3 is 2.45 bits per heavy atom. The van der Waals surface area contributed by atoms with Crippen molar-refractivity contribution in [3.63, 3.8) is 0 Å². The molecule has 106 valence electrons. The summed E-state index contributed by atoms with van der Waals surface area (Å²) >= 11 is 0. The predicted molar refractivity (Wildman–Crippen MR) is 83.8 cm³/mol. The minimum atomic E-state index is 0.236. The van der Waals surface area contributed by atoms with Crippen LogP contribution in [-0.2, 0) is 0 Å². The van der Waals surface area contributed by atoms with Crippen LogP contribution >= 0.6 is 0 Å². The fourth-order valence-electron chi connectivity index (χ4n) is 2.47. The van der Waals surface area contributed by atoms with Crippen LogP contribution in [0.25, 0.3) is 11.3 Å². The Labute approximate surface area is 121 Å². The second-order valence-electron chi connectivity index (χ2n) is 5.41. The maximum Gasteiger partial charge on any atom is 0.133 e. The van der Waals surface area contributed by atoms with E-state index in [2.05, 4.69) is 44.0 Å². The van der Waals surface area contributed by atoms with E-state index in [1.165, 1.54) is 16.7 Å². The lowest BCUT2D eigenvalue weighted by Gasteiger charge is -2.14. The Kier molecular flexibility index (Phi) is 4.50. The van der Waals surface area contributed by atoms with Crippen molar-refractivity contribution in [3.05, 3.63) is 46.9 Å². The van der Waals surface area contributed by atoms with Gasteiger partial charge in [-0.25, -0.2) is 9.97 Å². The zero-order chi connectivity index (χ0) is 14.7. The molecule has 0 amide bonds. The van der Waals surface area contributed by atoms with Crippen LogP contribution in [0.1, 0.15) is 41.9 Å². The number of hydrogen-bond donors (Lipinski definition) is 1. The van der Waals surface area contributed by atoms with Crippen molar-refractivity contribution < 1.29 is 0 Å². The molecule has 1 unspecified atom stereocenters. The normalized spacial score (nSPS) is 12.4. The summed E-state index contributed by atoms with van der Waals surface area (Å²) in [5.41, 5.74) is 11.5. The summed E-state index contributed by atoms with van der Waals surface area (Å²) in [4.78, 5) is 9.30. The molecule has 0 spiro atoms. The van der Waals surface area contributed by atoms with Gasteiger partial charge in [0.05, 0.1) is 5.69 Å². The van der Waals surface area contributed by atoms with Gasteiger partial charge in [-0.1, -0.05) is 30.7 Å². The summed E-state index contributed by atoms with van der Waals surface area (Å²) in [6, 6.07) is 8.50. The highest BCUT2D eigenvalue weighted by molar-refractivity contribution is 5.64. The van der Waals surface area contributed by atoms with Gasteiger partial charge in [-0.05, 0) is 38.8 Å². The molecule has 0 radical (unpaired) electrons. The van der Waals surface area contributed by atoms with Crippen LogP contribution in [0, 0.1) is 20.8 Å². The first-order valence-electron chi connectivity index (χ1n) is 7.18. The molecular formula is C17H23N3. The second kappa shape index (κ2) is 6.14. The van der Waals surface area contributed by atoms with E-state index in [1.54, 1.807) is 0 Å². The number of nitrogens with two attached hydrogens (primary N) is 1. The van der Waals surface area contributed by atoms with Gasteiger partial charge >= 0.3 is 0 Å². The van der Waals surface area contributed by atoms with Crippen LogP contribution < -0.4 is 5.73 Å². The lowest BCUT2D eigenvalue weighted by molar-refractivity contribution is 0.628. The summed E-state index contributed by atoms with van der Waals surface area (Å²) < 4.78 is 0. The number of nitrogens with zero attached hydrogens (tertiary/aromatic N) is 2. The fraction of sp³-hybridized carbons (Fsp3) is 0.412.